The normalized spacial score (nSPS) is 15.6. The van der Waals surface area contributed by atoms with Crippen LogP contribution in [0.2, 0.25) is 0 Å². The van der Waals surface area contributed by atoms with E-state index < -0.39 is 0 Å². The molecule has 0 saturated heterocycles. The molecule has 1 aliphatic rings. The average molecular weight is 423 g/mol. The summed E-state index contributed by atoms with van der Waals surface area (Å²) in [5.74, 6) is 0.415. The number of likely N-dealkylation sites (N-methyl/N-ethyl adjacent to an activating group) is 1. The van der Waals surface area contributed by atoms with E-state index in [1.165, 1.54) is 6.07 Å². The Morgan fingerprint density at radius 2 is 2.00 bits per heavy atom. The Hall–Kier alpha value is -3.49. The van der Waals surface area contributed by atoms with Crippen molar-refractivity contribution in [3.8, 4) is 0 Å². The molecule has 2 N–H and O–H groups in total. The zero-order valence-corrected chi connectivity index (χ0v) is 18.1. The topological polar surface area (TPSA) is 88.0 Å². The Morgan fingerprint density at radius 3 is 2.74 bits per heavy atom. The summed E-state index contributed by atoms with van der Waals surface area (Å²) in [6.07, 6.45) is 6.08. The molecule has 3 aromatic heterocycles. The largest absolute Gasteiger partial charge is 0.366 e. The first-order valence-corrected chi connectivity index (χ1v) is 10.3. The van der Waals surface area contributed by atoms with Crippen LogP contribution in [0.25, 0.3) is 0 Å². The minimum Gasteiger partial charge on any atom is -0.366 e. The Balaban J connectivity index is 1.45. The number of hydrogen-bond donors (Lipinski definition) is 2. The van der Waals surface area contributed by atoms with E-state index in [9.17, 15) is 9.18 Å². The minimum absolute atomic E-state index is 0.000758. The molecule has 1 amide bonds. The molecule has 0 radical (unpaired) electrons. The van der Waals surface area contributed by atoms with Crippen LogP contribution in [-0.2, 0) is 17.9 Å². The first-order valence-electron chi connectivity index (χ1n) is 10.3. The molecule has 0 bridgehead atoms. The number of anilines is 3. The van der Waals surface area contributed by atoms with Crippen molar-refractivity contribution in [3.05, 3.63) is 59.1 Å². The van der Waals surface area contributed by atoms with Crippen molar-refractivity contribution in [1.82, 2.24) is 19.7 Å². The SMILES string of the molecule is CC[C@H]1C(=O)Nc2c(cc(NCc3cnn(Cc4cnc(C)c(F)c4)c3)nc2C)N1C. The van der Waals surface area contributed by atoms with Crippen molar-refractivity contribution in [3.63, 3.8) is 0 Å². The highest BCUT2D eigenvalue weighted by atomic mass is 19.1. The lowest BCUT2D eigenvalue weighted by molar-refractivity contribution is -0.117. The summed E-state index contributed by atoms with van der Waals surface area (Å²) in [6.45, 7) is 6.51. The van der Waals surface area contributed by atoms with Gasteiger partial charge in [0.05, 0.1) is 35.5 Å². The summed E-state index contributed by atoms with van der Waals surface area (Å²) >= 11 is 0. The minimum atomic E-state index is -0.313. The maximum atomic E-state index is 13.7. The summed E-state index contributed by atoms with van der Waals surface area (Å²) in [7, 11) is 1.93. The number of pyridine rings is 2. The number of fused-ring (bicyclic) bond motifs is 1. The highest BCUT2D eigenvalue weighted by Crippen LogP contribution is 2.35. The monoisotopic (exact) mass is 423 g/mol. The van der Waals surface area contributed by atoms with Crippen LogP contribution < -0.4 is 15.5 Å². The second-order valence-corrected chi connectivity index (χ2v) is 7.82. The first kappa shape index (κ1) is 20.8. The first-order chi connectivity index (χ1) is 14.9. The molecule has 31 heavy (non-hydrogen) atoms. The molecule has 0 aromatic carbocycles. The predicted octanol–water partition coefficient (Wildman–Crippen LogP) is 3.26. The summed E-state index contributed by atoms with van der Waals surface area (Å²) in [5.41, 5.74) is 4.59. The quantitative estimate of drug-likeness (QED) is 0.633. The van der Waals surface area contributed by atoms with Gasteiger partial charge in [0.2, 0.25) is 5.91 Å². The van der Waals surface area contributed by atoms with Crippen molar-refractivity contribution in [2.24, 2.45) is 0 Å². The number of hydrogen-bond acceptors (Lipinski definition) is 6. The third-order valence-corrected chi connectivity index (χ3v) is 5.55. The molecule has 0 spiro atoms. The number of nitrogens with zero attached hydrogens (tertiary/aromatic N) is 5. The second kappa shape index (κ2) is 8.33. The number of carbonyl (C=O) groups excluding carboxylic acids is 1. The summed E-state index contributed by atoms with van der Waals surface area (Å²) in [4.78, 5) is 22.9. The fourth-order valence-electron chi connectivity index (χ4n) is 3.78. The van der Waals surface area contributed by atoms with Gasteiger partial charge in [0, 0.05) is 37.6 Å². The zero-order valence-electron chi connectivity index (χ0n) is 18.1. The van der Waals surface area contributed by atoms with Crippen molar-refractivity contribution >= 4 is 23.1 Å². The van der Waals surface area contributed by atoms with Crippen molar-refractivity contribution in [1.29, 1.82) is 0 Å². The lowest BCUT2D eigenvalue weighted by Gasteiger charge is -2.35. The zero-order chi connectivity index (χ0) is 22.1. The van der Waals surface area contributed by atoms with E-state index in [0.29, 0.717) is 18.8 Å². The fourth-order valence-corrected chi connectivity index (χ4v) is 3.78. The summed E-state index contributed by atoms with van der Waals surface area (Å²) < 4.78 is 15.5. The van der Waals surface area contributed by atoms with E-state index in [0.717, 1.165) is 40.4 Å². The van der Waals surface area contributed by atoms with E-state index in [-0.39, 0.29) is 17.8 Å². The van der Waals surface area contributed by atoms with Gasteiger partial charge in [-0.2, -0.15) is 5.10 Å². The van der Waals surface area contributed by atoms with Crippen molar-refractivity contribution in [2.75, 3.05) is 22.6 Å². The maximum absolute atomic E-state index is 13.7. The van der Waals surface area contributed by atoms with Crippen LogP contribution in [0.4, 0.5) is 21.6 Å². The average Bonchev–Trinajstić information content (AvgIpc) is 3.18. The molecular weight excluding hydrogens is 397 g/mol. The van der Waals surface area contributed by atoms with Crippen molar-refractivity contribution in [2.45, 2.75) is 46.3 Å². The molecule has 0 fully saturated rings. The van der Waals surface area contributed by atoms with Gasteiger partial charge in [-0.3, -0.25) is 14.5 Å². The molecule has 8 nitrogen and oxygen atoms in total. The van der Waals surface area contributed by atoms with Crippen LogP contribution in [-0.4, -0.2) is 38.7 Å². The van der Waals surface area contributed by atoms with Gasteiger partial charge in [0.25, 0.3) is 0 Å². The Kier molecular flexibility index (Phi) is 5.58. The number of nitrogens with one attached hydrogen (secondary N) is 2. The van der Waals surface area contributed by atoms with Crippen LogP contribution in [0.15, 0.2) is 30.7 Å². The number of rotatable bonds is 6. The molecule has 0 aliphatic carbocycles. The van der Waals surface area contributed by atoms with Gasteiger partial charge in [-0.05, 0) is 31.9 Å². The number of amides is 1. The predicted molar refractivity (Wildman–Crippen MR) is 118 cm³/mol. The van der Waals surface area contributed by atoms with Gasteiger partial charge < -0.3 is 15.5 Å². The molecule has 3 aromatic rings. The van der Waals surface area contributed by atoms with Gasteiger partial charge in [-0.1, -0.05) is 6.92 Å². The standard InChI is InChI=1S/C22H26FN7O/c1-5-18-22(31)28-21-14(3)27-20(7-19(21)29(18)4)25-9-16-10-26-30(12-16)11-15-6-17(23)13(2)24-8-15/h6-8,10,12,18H,5,9,11H2,1-4H3,(H,25,27)(H,28,31)/t18-/m0/s1. The Morgan fingerprint density at radius 1 is 1.19 bits per heavy atom. The molecule has 0 unspecified atom stereocenters. The molecule has 0 saturated carbocycles. The molecule has 4 rings (SSSR count). The smallest absolute Gasteiger partial charge is 0.247 e. The van der Waals surface area contributed by atoms with E-state index in [1.807, 2.05) is 38.1 Å². The number of aryl methyl sites for hydroxylation is 2. The van der Waals surface area contributed by atoms with Gasteiger partial charge in [-0.15, -0.1) is 0 Å². The van der Waals surface area contributed by atoms with E-state index in [1.54, 1.807) is 24.0 Å². The molecule has 1 aliphatic heterocycles. The van der Waals surface area contributed by atoms with Gasteiger partial charge >= 0.3 is 0 Å². The molecule has 9 heteroatoms. The highest BCUT2D eigenvalue weighted by Gasteiger charge is 2.30. The van der Waals surface area contributed by atoms with Crippen LogP contribution in [0.5, 0.6) is 0 Å². The Labute approximate surface area is 180 Å². The third-order valence-electron chi connectivity index (χ3n) is 5.55. The number of aromatic nitrogens is 4. The number of halogens is 1. The second-order valence-electron chi connectivity index (χ2n) is 7.82. The third kappa shape index (κ3) is 4.21. The van der Waals surface area contributed by atoms with Crippen LogP contribution in [0, 0.1) is 19.7 Å². The van der Waals surface area contributed by atoms with E-state index in [2.05, 4.69) is 25.7 Å². The van der Waals surface area contributed by atoms with Gasteiger partial charge in [0.15, 0.2) is 0 Å². The van der Waals surface area contributed by atoms with Gasteiger partial charge in [0.1, 0.15) is 17.7 Å². The lowest BCUT2D eigenvalue weighted by Crippen LogP contribution is -2.45. The maximum Gasteiger partial charge on any atom is 0.247 e. The van der Waals surface area contributed by atoms with Crippen molar-refractivity contribution < 1.29 is 9.18 Å². The summed E-state index contributed by atoms with van der Waals surface area (Å²) in [6, 6.07) is 3.25. The summed E-state index contributed by atoms with van der Waals surface area (Å²) in [5, 5.41) is 10.7. The van der Waals surface area contributed by atoms with E-state index >= 15 is 0 Å². The molecule has 1 atom stereocenters. The Bertz CT molecular complexity index is 1130. The lowest BCUT2D eigenvalue weighted by atomic mass is 10.1. The molecular formula is C22H26FN7O. The molecule has 162 valence electrons. The van der Waals surface area contributed by atoms with Crippen LogP contribution in [0.3, 0.4) is 0 Å². The fraction of sp³-hybridized carbons (Fsp3) is 0.364. The number of carbonyl (C=O) groups is 1. The molecule has 4 heterocycles. The highest BCUT2D eigenvalue weighted by molar-refractivity contribution is 6.04. The van der Waals surface area contributed by atoms with Gasteiger partial charge in [-0.25, -0.2) is 9.37 Å². The van der Waals surface area contributed by atoms with Crippen LogP contribution in [0.1, 0.15) is 35.9 Å². The van der Waals surface area contributed by atoms with E-state index in [4.69, 9.17) is 0 Å². The van der Waals surface area contributed by atoms with Crippen LogP contribution >= 0.6 is 0 Å².